The number of nitrogens with zero attached hydrogens (tertiary/aromatic N) is 1. The molecular formula is C15H14FNO2. The van der Waals surface area contributed by atoms with Crippen molar-refractivity contribution in [3.63, 3.8) is 0 Å². The van der Waals surface area contributed by atoms with Crippen molar-refractivity contribution in [1.29, 1.82) is 0 Å². The summed E-state index contributed by atoms with van der Waals surface area (Å²) < 4.78 is 18.5. The van der Waals surface area contributed by atoms with Crippen molar-refractivity contribution in [3.05, 3.63) is 59.8 Å². The van der Waals surface area contributed by atoms with Crippen LogP contribution in [-0.2, 0) is 0 Å². The SMILES string of the molecule is O=C(c1ccco1)N1CCCC1c1cccc(F)c1. The van der Waals surface area contributed by atoms with Gasteiger partial charge in [0.15, 0.2) is 5.76 Å². The molecule has 98 valence electrons. The normalized spacial score (nSPS) is 18.8. The predicted octanol–water partition coefficient (Wildman–Crippen LogP) is 3.40. The van der Waals surface area contributed by atoms with Crippen LogP contribution in [0.3, 0.4) is 0 Å². The van der Waals surface area contributed by atoms with Crippen LogP contribution in [0, 0.1) is 5.82 Å². The first-order chi connectivity index (χ1) is 9.25. The maximum atomic E-state index is 13.3. The fraction of sp³-hybridized carbons (Fsp3) is 0.267. The van der Waals surface area contributed by atoms with Crippen molar-refractivity contribution >= 4 is 5.91 Å². The smallest absolute Gasteiger partial charge is 0.290 e. The molecule has 1 aliphatic heterocycles. The molecule has 1 atom stereocenters. The highest BCUT2D eigenvalue weighted by atomic mass is 19.1. The molecule has 1 aromatic heterocycles. The van der Waals surface area contributed by atoms with Gasteiger partial charge in [-0.05, 0) is 42.7 Å². The molecule has 0 radical (unpaired) electrons. The molecule has 3 nitrogen and oxygen atoms in total. The van der Waals surface area contributed by atoms with Crippen LogP contribution in [0.5, 0.6) is 0 Å². The minimum atomic E-state index is -0.269. The van der Waals surface area contributed by atoms with Crippen molar-refractivity contribution in [2.45, 2.75) is 18.9 Å². The lowest BCUT2D eigenvalue weighted by Crippen LogP contribution is -2.30. The van der Waals surface area contributed by atoms with Crippen LogP contribution in [-0.4, -0.2) is 17.4 Å². The van der Waals surface area contributed by atoms with Gasteiger partial charge in [-0.3, -0.25) is 4.79 Å². The maximum Gasteiger partial charge on any atom is 0.290 e. The number of likely N-dealkylation sites (tertiary alicyclic amines) is 1. The van der Waals surface area contributed by atoms with E-state index in [2.05, 4.69) is 0 Å². The number of rotatable bonds is 2. The van der Waals surface area contributed by atoms with Crippen molar-refractivity contribution in [2.24, 2.45) is 0 Å². The predicted molar refractivity (Wildman–Crippen MR) is 68.1 cm³/mol. The number of amides is 1. The Labute approximate surface area is 110 Å². The van der Waals surface area contributed by atoms with E-state index in [1.807, 2.05) is 6.07 Å². The van der Waals surface area contributed by atoms with Gasteiger partial charge in [0.25, 0.3) is 5.91 Å². The average Bonchev–Trinajstić information content (AvgIpc) is 3.09. The van der Waals surface area contributed by atoms with E-state index in [0.717, 1.165) is 18.4 Å². The van der Waals surface area contributed by atoms with Gasteiger partial charge in [-0.1, -0.05) is 12.1 Å². The molecule has 0 bridgehead atoms. The fourth-order valence-electron chi connectivity index (χ4n) is 2.61. The van der Waals surface area contributed by atoms with Gasteiger partial charge in [-0.25, -0.2) is 4.39 Å². The first-order valence-electron chi connectivity index (χ1n) is 6.35. The van der Waals surface area contributed by atoms with Crippen molar-refractivity contribution < 1.29 is 13.6 Å². The van der Waals surface area contributed by atoms with Crippen LogP contribution in [0.2, 0.25) is 0 Å². The van der Waals surface area contributed by atoms with Gasteiger partial charge in [0.05, 0.1) is 12.3 Å². The van der Waals surface area contributed by atoms with Crippen LogP contribution >= 0.6 is 0 Å². The summed E-state index contributed by atoms with van der Waals surface area (Å²) in [5.74, 6) is -0.0603. The second-order valence-corrected chi connectivity index (χ2v) is 4.69. The minimum absolute atomic E-state index is 0.0618. The minimum Gasteiger partial charge on any atom is -0.459 e. The van der Waals surface area contributed by atoms with Crippen molar-refractivity contribution in [1.82, 2.24) is 4.90 Å². The van der Waals surface area contributed by atoms with E-state index in [1.165, 1.54) is 18.4 Å². The highest BCUT2D eigenvalue weighted by Gasteiger charge is 2.31. The Morgan fingerprint density at radius 1 is 1.32 bits per heavy atom. The summed E-state index contributed by atoms with van der Waals surface area (Å²) in [5.41, 5.74) is 0.845. The second kappa shape index (κ2) is 4.88. The van der Waals surface area contributed by atoms with Gasteiger partial charge in [0.2, 0.25) is 0 Å². The molecule has 3 rings (SSSR count). The third-order valence-electron chi connectivity index (χ3n) is 3.48. The molecule has 4 heteroatoms. The molecule has 2 heterocycles. The quantitative estimate of drug-likeness (QED) is 0.828. The number of benzene rings is 1. The lowest BCUT2D eigenvalue weighted by molar-refractivity contribution is 0.0703. The highest BCUT2D eigenvalue weighted by molar-refractivity contribution is 5.91. The molecule has 0 aliphatic carbocycles. The molecule has 0 spiro atoms. The average molecular weight is 259 g/mol. The van der Waals surface area contributed by atoms with E-state index in [0.29, 0.717) is 12.3 Å². The summed E-state index contributed by atoms with van der Waals surface area (Å²) in [7, 11) is 0. The number of halogens is 1. The Morgan fingerprint density at radius 2 is 2.21 bits per heavy atom. The van der Waals surface area contributed by atoms with Crippen LogP contribution in [0.15, 0.2) is 47.1 Å². The van der Waals surface area contributed by atoms with Gasteiger partial charge < -0.3 is 9.32 Å². The first kappa shape index (κ1) is 12.0. The Morgan fingerprint density at radius 3 is 2.95 bits per heavy atom. The van der Waals surface area contributed by atoms with Crippen LogP contribution in [0.25, 0.3) is 0 Å². The monoisotopic (exact) mass is 259 g/mol. The van der Waals surface area contributed by atoms with E-state index in [4.69, 9.17) is 4.42 Å². The summed E-state index contributed by atoms with van der Waals surface area (Å²) in [5, 5.41) is 0. The molecule has 19 heavy (non-hydrogen) atoms. The Bertz CT molecular complexity index is 580. The standard InChI is InChI=1S/C15H14FNO2/c16-12-5-1-4-11(10-12)13-6-2-8-17(13)15(18)14-7-3-9-19-14/h1,3-5,7,9-10,13H,2,6,8H2. The number of hydrogen-bond donors (Lipinski definition) is 0. The first-order valence-corrected chi connectivity index (χ1v) is 6.35. The summed E-state index contributed by atoms with van der Waals surface area (Å²) in [6, 6.07) is 9.74. The van der Waals surface area contributed by atoms with E-state index >= 15 is 0 Å². The Hall–Kier alpha value is -2.10. The van der Waals surface area contributed by atoms with Crippen LogP contribution in [0.1, 0.15) is 35.0 Å². The molecule has 1 amide bonds. The molecule has 2 aromatic rings. The number of carbonyl (C=O) groups is 1. The third kappa shape index (κ3) is 2.26. The molecule has 0 N–H and O–H groups in total. The topological polar surface area (TPSA) is 33.5 Å². The lowest BCUT2D eigenvalue weighted by Gasteiger charge is -2.24. The fourth-order valence-corrected chi connectivity index (χ4v) is 2.61. The molecule has 1 unspecified atom stereocenters. The second-order valence-electron chi connectivity index (χ2n) is 4.69. The Kier molecular flexibility index (Phi) is 3.07. The maximum absolute atomic E-state index is 13.3. The summed E-state index contributed by atoms with van der Waals surface area (Å²) in [6.45, 7) is 0.681. The van der Waals surface area contributed by atoms with Gasteiger partial charge in [-0.2, -0.15) is 0 Å². The van der Waals surface area contributed by atoms with Gasteiger partial charge in [-0.15, -0.1) is 0 Å². The van der Waals surface area contributed by atoms with Crippen molar-refractivity contribution in [3.8, 4) is 0 Å². The van der Waals surface area contributed by atoms with Crippen LogP contribution in [0.4, 0.5) is 4.39 Å². The highest BCUT2D eigenvalue weighted by Crippen LogP contribution is 2.33. The van der Waals surface area contributed by atoms with Crippen LogP contribution < -0.4 is 0 Å². The van der Waals surface area contributed by atoms with Crippen molar-refractivity contribution in [2.75, 3.05) is 6.54 Å². The third-order valence-corrected chi connectivity index (χ3v) is 3.48. The number of hydrogen-bond acceptors (Lipinski definition) is 2. The number of furan rings is 1. The Balaban J connectivity index is 1.88. The molecule has 1 aromatic carbocycles. The summed E-state index contributed by atoms with van der Waals surface area (Å²) in [6.07, 6.45) is 3.27. The van der Waals surface area contributed by atoms with E-state index < -0.39 is 0 Å². The molecule has 1 fully saturated rings. The largest absolute Gasteiger partial charge is 0.459 e. The lowest BCUT2D eigenvalue weighted by atomic mass is 10.0. The van der Waals surface area contributed by atoms with Gasteiger partial charge in [0, 0.05) is 6.54 Å². The molecular weight excluding hydrogens is 245 g/mol. The molecule has 1 aliphatic rings. The summed E-state index contributed by atoms with van der Waals surface area (Å²) >= 11 is 0. The van der Waals surface area contributed by atoms with E-state index in [1.54, 1.807) is 23.1 Å². The zero-order chi connectivity index (χ0) is 13.2. The zero-order valence-electron chi connectivity index (χ0n) is 10.4. The van der Waals surface area contributed by atoms with Gasteiger partial charge >= 0.3 is 0 Å². The zero-order valence-corrected chi connectivity index (χ0v) is 10.4. The molecule has 1 saturated heterocycles. The van der Waals surface area contributed by atoms with Gasteiger partial charge in [0.1, 0.15) is 5.82 Å². The molecule has 0 saturated carbocycles. The van der Waals surface area contributed by atoms with E-state index in [9.17, 15) is 9.18 Å². The summed E-state index contributed by atoms with van der Waals surface area (Å²) in [4.78, 5) is 14.1. The number of carbonyl (C=O) groups excluding carboxylic acids is 1. The van der Waals surface area contributed by atoms with E-state index in [-0.39, 0.29) is 17.8 Å².